The third-order valence-corrected chi connectivity index (χ3v) is 2.44. The lowest BCUT2D eigenvalue weighted by atomic mass is 10.1. The third-order valence-electron chi connectivity index (χ3n) is 2.44. The van der Waals surface area contributed by atoms with Crippen molar-refractivity contribution < 1.29 is 5.11 Å². The van der Waals surface area contributed by atoms with Gasteiger partial charge < -0.3 is 16.2 Å². The van der Waals surface area contributed by atoms with Gasteiger partial charge in [-0.15, -0.1) is 0 Å². The van der Waals surface area contributed by atoms with Crippen LogP contribution in [0, 0.1) is 6.92 Å². The monoisotopic (exact) mass is 208 g/mol. The maximum absolute atomic E-state index is 9.74. The smallest absolute Gasteiger partial charge is 0.122 e. The van der Waals surface area contributed by atoms with Gasteiger partial charge in [0.2, 0.25) is 0 Å². The Hall–Kier alpha value is -1.06. The maximum atomic E-state index is 9.74. The summed E-state index contributed by atoms with van der Waals surface area (Å²) in [6.07, 6.45) is 2.13. The second-order valence-electron chi connectivity index (χ2n) is 3.76. The zero-order valence-electron chi connectivity index (χ0n) is 9.29. The highest BCUT2D eigenvalue weighted by atomic mass is 16.3. The molecule has 0 saturated heterocycles. The summed E-state index contributed by atoms with van der Waals surface area (Å²) < 4.78 is 0. The molecule has 0 spiro atoms. The lowest BCUT2D eigenvalue weighted by Crippen LogP contribution is -2.16. The van der Waals surface area contributed by atoms with E-state index >= 15 is 0 Å². The SMILES string of the molecule is Cc1cccc(CNCCCCN)c1O. The molecule has 4 N–H and O–H groups in total. The highest BCUT2D eigenvalue weighted by molar-refractivity contribution is 5.39. The number of aryl methyl sites for hydroxylation is 1. The molecule has 0 fully saturated rings. The van der Waals surface area contributed by atoms with Crippen LogP contribution in [0.5, 0.6) is 5.75 Å². The Morgan fingerprint density at radius 3 is 2.87 bits per heavy atom. The van der Waals surface area contributed by atoms with E-state index in [4.69, 9.17) is 5.73 Å². The molecule has 1 aromatic rings. The van der Waals surface area contributed by atoms with Gasteiger partial charge in [-0.25, -0.2) is 0 Å². The quantitative estimate of drug-likeness (QED) is 0.621. The first-order chi connectivity index (χ1) is 7.25. The molecule has 0 aliphatic heterocycles. The Morgan fingerprint density at radius 2 is 2.13 bits per heavy atom. The van der Waals surface area contributed by atoms with Crippen LogP contribution in [0.1, 0.15) is 24.0 Å². The number of rotatable bonds is 6. The molecular weight excluding hydrogens is 188 g/mol. The molecular formula is C12H20N2O. The van der Waals surface area contributed by atoms with E-state index in [1.807, 2.05) is 25.1 Å². The van der Waals surface area contributed by atoms with Gasteiger partial charge in [-0.05, 0) is 38.4 Å². The molecule has 0 aliphatic carbocycles. The topological polar surface area (TPSA) is 58.3 Å². The molecule has 0 heterocycles. The predicted octanol–water partition coefficient (Wildman–Crippen LogP) is 1.53. The van der Waals surface area contributed by atoms with Crippen molar-refractivity contribution in [3.8, 4) is 5.75 Å². The second-order valence-corrected chi connectivity index (χ2v) is 3.76. The van der Waals surface area contributed by atoms with Crippen LogP contribution in [0.4, 0.5) is 0 Å². The summed E-state index contributed by atoms with van der Waals surface area (Å²) in [6.45, 7) is 4.33. The Morgan fingerprint density at radius 1 is 1.33 bits per heavy atom. The van der Waals surface area contributed by atoms with Gasteiger partial charge in [-0.2, -0.15) is 0 Å². The molecule has 3 heteroatoms. The van der Waals surface area contributed by atoms with Crippen LogP contribution >= 0.6 is 0 Å². The number of hydrogen-bond acceptors (Lipinski definition) is 3. The minimum atomic E-state index is 0.406. The fourth-order valence-electron chi connectivity index (χ4n) is 1.48. The van der Waals surface area contributed by atoms with E-state index in [-0.39, 0.29) is 0 Å². The second kappa shape index (κ2) is 6.43. The summed E-state index contributed by atoms with van der Waals surface area (Å²) in [5.41, 5.74) is 7.29. The molecule has 15 heavy (non-hydrogen) atoms. The predicted molar refractivity (Wildman–Crippen MR) is 62.8 cm³/mol. The lowest BCUT2D eigenvalue weighted by Gasteiger charge is -2.08. The number of phenolic OH excluding ortho intramolecular Hbond substituents is 1. The molecule has 1 aromatic carbocycles. The fraction of sp³-hybridized carbons (Fsp3) is 0.500. The molecule has 3 nitrogen and oxygen atoms in total. The molecule has 0 unspecified atom stereocenters. The van der Waals surface area contributed by atoms with Gasteiger partial charge in [0.25, 0.3) is 0 Å². The van der Waals surface area contributed by atoms with Crippen molar-refractivity contribution in [2.24, 2.45) is 5.73 Å². The van der Waals surface area contributed by atoms with Gasteiger partial charge in [-0.3, -0.25) is 0 Å². The Labute approximate surface area is 91.3 Å². The summed E-state index contributed by atoms with van der Waals surface area (Å²) in [5, 5.41) is 13.0. The standard InChI is InChI=1S/C12H20N2O/c1-10-5-4-6-11(12(10)15)9-14-8-3-2-7-13/h4-6,14-15H,2-3,7-9,13H2,1H3. The number of unbranched alkanes of at least 4 members (excludes halogenated alkanes) is 1. The van der Waals surface area contributed by atoms with E-state index in [1.54, 1.807) is 0 Å². The van der Waals surface area contributed by atoms with Crippen molar-refractivity contribution in [2.75, 3.05) is 13.1 Å². The zero-order chi connectivity index (χ0) is 11.1. The molecule has 0 saturated carbocycles. The fourth-order valence-corrected chi connectivity index (χ4v) is 1.48. The van der Waals surface area contributed by atoms with Gasteiger partial charge >= 0.3 is 0 Å². The number of benzene rings is 1. The number of para-hydroxylation sites is 1. The molecule has 0 bridgehead atoms. The summed E-state index contributed by atoms with van der Waals surface area (Å²) in [7, 11) is 0. The van der Waals surface area contributed by atoms with Crippen LogP contribution in [0.25, 0.3) is 0 Å². The van der Waals surface area contributed by atoms with Crippen LogP contribution in [0.2, 0.25) is 0 Å². The summed E-state index contributed by atoms with van der Waals surface area (Å²) >= 11 is 0. The van der Waals surface area contributed by atoms with Crippen molar-refractivity contribution in [3.63, 3.8) is 0 Å². The van der Waals surface area contributed by atoms with E-state index in [9.17, 15) is 5.11 Å². The first-order valence-electron chi connectivity index (χ1n) is 5.44. The Bertz CT molecular complexity index is 300. The molecule has 1 rings (SSSR count). The van der Waals surface area contributed by atoms with Crippen molar-refractivity contribution in [3.05, 3.63) is 29.3 Å². The molecule has 0 aromatic heterocycles. The van der Waals surface area contributed by atoms with E-state index in [0.29, 0.717) is 5.75 Å². The van der Waals surface area contributed by atoms with Gasteiger partial charge in [0, 0.05) is 12.1 Å². The largest absolute Gasteiger partial charge is 0.507 e. The van der Waals surface area contributed by atoms with Crippen molar-refractivity contribution >= 4 is 0 Å². The molecule has 0 aliphatic rings. The molecule has 0 amide bonds. The Balaban J connectivity index is 2.34. The first kappa shape index (κ1) is 12.0. The van der Waals surface area contributed by atoms with Crippen LogP contribution in [-0.4, -0.2) is 18.2 Å². The molecule has 0 radical (unpaired) electrons. The summed E-state index contributed by atoms with van der Waals surface area (Å²) in [6, 6.07) is 5.82. The van der Waals surface area contributed by atoms with Crippen LogP contribution in [0.15, 0.2) is 18.2 Å². The minimum Gasteiger partial charge on any atom is -0.507 e. The Kier molecular flexibility index (Phi) is 5.15. The maximum Gasteiger partial charge on any atom is 0.122 e. The molecule has 0 atom stereocenters. The van der Waals surface area contributed by atoms with Crippen LogP contribution in [0.3, 0.4) is 0 Å². The van der Waals surface area contributed by atoms with Crippen LogP contribution < -0.4 is 11.1 Å². The van der Waals surface area contributed by atoms with Crippen LogP contribution in [-0.2, 0) is 6.54 Å². The van der Waals surface area contributed by atoms with Gasteiger partial charge in [0.05, 0.1) is 0 Å². The highest BCUT2D eigenvalue weighted by Gasteiger charge is 2.01. The van der Waals surface area contributed by atoms with Gasteiger partial charge in [0.15, 0.2) is 0 Å². The molecule has 84 valence electrons. The number of nitrogens with one attached hydrogen (secondary N) is 1. The van der Waals surface area contributed by atoms with Crippen molar-refractivity contribution in [1.82, 2.24) is 5.32 Å². The highest BCUT2D eigenvalue weighted by Crippen LogP contribution is 2.20. The number of aromatic hydroxyl groups is 1. The van der Waals surface area contributed by atoms with Gasteiger partial charge in [-0.1, -0.05) is 18.2 Å². The van der Waals surface area contributed by atoms with E-state index in [2.05, 4.69) is 5.32 Å². The normalized spacial score (nSPS) is 10.5. The van der Waals surface area contributed by atoms with E-state index in [0.717, 1.165) is 43.6 Å². The van der Waals surface area contributed by atoms with Gasteiger partial charge in [0.1, 0.15) is 5.75 Å². The van der Waals surface area contributed by atoms with Crippen molar-refractivity contribution in [1.29, 1.82) is 0 Å². The number of phenols is 1. The van der Waals surface area contributed by atoms with E-state index < -0.39 is 0 Å². The average molecular weight is 208 g/mol. The zero-order valence-corrected chi connectivity index (χ0v) is 9.29. The third kappa shape index (κ3) is 3.90. The van der Waals surface area contributed by atoms with Crippen molar-refractivity contribution in [2.45, 2.75) is 26.3 Å². The van der Waals surface area contributed by atoms with E-state index in [1.165, 1.54) is 0 Å². The summed E-state index contributed by atoms with van der Waals surface area (Å²) in [5.74, 6) is 0.406. The first-order valence-corrected chi connectivity index (χ1v) is 5.44. The average Bonchev–Trinajstić information content (AvgIpc) is 2.24. The number of nitrogens with two attached hydrogens (primary N) is 1. The summed E-state index contributed by atoms with van der Waals surface area (Å²) in [4.78, 5) is 0. The number of hydrogen-bond donors (Lipinski definition) is 3. The minimum absolute atomic E-state index is 0.406. The lowest BCUT2D eigenvalue weighted by molar-refractivity contribution is 0.460.